The Morgan fingerprint density at radius 3 is 2.67 bits per heavy atom. The highest BCUT2D eigenvalue weighted by Crippen LogP contribution is 2.28. The first-order valence-electron chi connectivity index (χ1n) is 6.80. The maximum Gasteiger partial charge on any atom is 0.183 e. The number of benzene rings is 1. The second-order valence-electron chi connectivity index (χ2n) is 4.95. The Kier molecular flexibility index (Phi) is 3.70. The third-order valence-electron chi connectivity index (χ3n) is 3.22. The van der Waals surface area contributed by atoms with Gasteiger partial charge in [-0.3, -0.25) is 5.10 Å². The first-order chi connectivity index (χ1) is 10.1. The molecule has 3 aromatic rings. The number of H-pyrrole nitrogens is 1. The molecule has 0 fully saturated rings. The van der Waals surface area contributed by atoms with Crippen LogP contribution in [0.2, 0.25) is 0 Å². The van der Waals surface area contributed by atoms with Crippen LogP contribution in [-0.4, -0.2) is 20.2 Å². The molecule has 1 unspecified atom stereocenters. The summed E-state index contributed by atoms with van der Waals surface area (Å²) in [6.07, 6.45) is 0. The zero-order valence-electron chi connectivity index (χ0n) is 12.2. The summed E-state index contributed by atoms with van der Waals surface area (Å²) in [6, 6.07) is 8.19. The molecule has 6 heteroatoms. The van der Waals surface area contributed by atoms with Gasteiger partial charge in [0.1, 0.15) is 5.82 Å². The highest BCUT2D eigenvalue weighted by Gasteiger charge is 2.13. The molecule has 1 atom stereocenters. The van der Waals surface area contributed by atoms with E-state index < -0.39 is 0 Å². The van der Waals surface area contributed by atoms with Crippen molar-refractivity contribution in [3.05, 3.63) is 46.2 Å². The molecule has 0 aliphatic rings. The van der Waals surface area contributed by atoms with Crippen molar-refractivity contribution in [2.45, 2.75) is 26.8 Å². The number of aryl methyl sites for hydroxylation is 2. The minimum absolute atomic E-state index is 0.135. The Morgan fingerprint density at radius 2 is 2.00 bits per heavy atom. The van der Waals surface area contributed by atoms with Crippen LogP contribution in [0.15, 0.2) is 29.6 Å². The fourth-order valence-electron chi connectivity index (χ4n) is 2.15. The molecule has 21 heavy (non-hydrogen) atoms. The first kappa shape index (κ1) is 13.8. The number of aromatic amines is 1. The molecule has 0 spiro atoms. The van der Waals surface area contributed by atoms with E-state index >= 15 is 0 Å². The van der Waals surface area contributed by atoms with Crippen LogP contribution in [0, 0.1) is 13.8 Å². The minimum atomic E-state index is 0.135. The molecule has 1 aromatic carbocycles. The van der Waals surface area contributed by atoms with Crippen molar-refractivity contribution in [3.8, 4) is 11.4 Å². The van der Waals surface area contributed by atoms with Gasteiger partial charge in [0.15, 0.2) is 5.82 Å². The highest BCUT2D eigenvalue weighted by molar-refractivity contribution is 7.09. The van der Waals surface area contributed by atoms with Crippen molar-refractivity contribution < 1.29 is 0 Å². The number of rotatable bonds is 4. The summed E-state index contributed by atoms with van der Waals surface area (Å²) in [4.78, 5) is 8.94. The van der Waals surface area contributed by atoms with Crippen molar-refractivity contribution in [2.24, 2.45) is 0 Å². The summed E-state index contributed by atoms with van der Waals surface area (Å²) < 4.78 is 0. The van der Waals surface area contributed by atoms with Crippen molar-refractivity contribution >= 4 is 17.0 Å². The lowest BCUT2D eigenvalue weighted by atomic mass is 10.1. The van der Waals surface area contributed by atoms with Gasteiger partial charge < -0.3 is 5.32 Å². The van der Waals surface area contributed by atoms with Gasteiger partial charge in [0.05, 0.1) is 16.7 Å². The molecule has 0 aliphatic carbocycles. The normalized spacial score (nSPS) is 12.3. The standard InChI is InChI=1S/C15H17N5S/c1-9(14-8-21-11(3)18-14)16-13-7-5-4-6-12(13)15-17-10(2)19-20-15/h4-9,16H,1-3H3,(H,17,19,20). The Balaban J connectivity index is 1.89. The molecule has 2 N–H and O–H groups in total. The second kappa shape index (κ2) is 5.65. The number of thiazole rings is 1. The Morgan fingerprint density at radius 1 is 1.19 bits per heavy atom. The van der Waals surface area contributed by atoms with Gasteiger partial charge in [-0.2, -0.15) is 5.10 Å². The van der Waals surface area contributed by atoms with E-state index in [1.165, 1.54) is 0 Å². The lowest BCUT2D eigenvalue weighted by molar-refractivity contribution is 0.845. The number of hydrogen-bond acceptors (Lipinski definition) is 5. The molecule has 0 amide bonds. The van der Waals surface area contributed by atoms with Crippen LogP contribution in [0.25, 0.3) is 11.4 Å². The van der Waals surface area contributed by atoms with Crippen LogP contribution in [0.4, 0.5) is 5.69 Å². The quantitative estimate of drug-likeness (QED) is 0.770. The zero-order valence-corrected chi connectivity index (χ0v) is 13.0. The number of aromatic nitrogens is 4. The fraction of sp³-hybridized carbons (Fsp3) is 0.267. The second-order valence-corrected chi connectivity index (χ2v) is 6.01. The molecule has 0 bridgehead atoms. The van der Waals surface area contributed by atoms with Gasteiger partial charge in [0.25, 0.3) is 0 Å². The summed E-state index contributed by atoms with van der Waals surface area (Å²) in [7, 11) is 0. The molecule has 0 saturated heterocycles. The van der Waals surface area contributed by atoms with Gasteiger partial charge in [-0.25, -0.2) is 9.97 Å². The summed E-state index contributed by atoms with van der Waals surface area (Å²) >= 11 is 1.67. The van der Waals surface area contributed by atoms with Crippen molar-refractivity contribution in [2.75, 3.05) is 5.32 Å². The number of hydrogen-bond donors (Lipinski definition) is 2. The zero-order chi connectivity index (χ0) is 14.8. The average Bonchev–Trinajstić information content (AvgIpc) is 3.08. The van der Waals surface area contributed by atoms with Crippen molar-refractivity contribution in [1.29, 1.82) is 0 Å². The van der Waals surface area contributed by atoms with E-state index in [-0.39, 0.29) is 6.04 Å². The smallest absolute Gasteiger partial charge is 0.183 e. The monoisotopic (exact) mass is 299 g/mol. The fourth-order valence-corrected chi connectivity index (χ4v) is 2.86. The van der Waals surface area contributed by atoms with E-state index in [9.17, 15) is 0 Å². The van der Waals surface area contributed by atoms with Crippen molar-refractivity contribution in [3.63, 3.8) is 0 Å². The molecular weight excluding hydrogens is 282 g/mol. The van der Waals surface area contributed by atoms with Gasteiger partial charge in [0.2, 0.25) is 0 Å². The Labute approximate surface area is 127 Å². The summed E-state index contributed by atoms with van der Waals surface area (Å²) in [5, 5.41) is 13.8. The van der Waals surface area contributed by atoms with Crippen LogP contribution >= 0.6 is 11.3 Å². The van der Waals surface area contributed by atoms with E-state index in [2.05, 4.69) is 37.8 Å². The van der Waals surface area contributed by atoms with E-state index in [4.69, 9.17) is 0 Å². The van der Waals surface area contributed by atoms with E-state index in [1.54, 1.807) is 11.3 Å². The predicted octanol–water partition coefficient (Wildman–Crippen LogP) is 3.72. The number of nitrogens with one attached hydrogen (secondary N) is 2. The van der Waals surface area contributed by atoms with Gasteiger partial charge in [-0.1, -0.05) is 12.1 Å². The molecule has 3 rings (SSSR count). The molecule has 5 nitrogen and oxygen atoms in total. The maximum absolute atomic E-state index is 4.53. The van der Waals surface area contributed by atoms with Crippen LogP contribution in [0.3, 0.4) is 0 Å². The van der Waals surface area contributed by atoms with E-state index in [1.807, 2.05) is 38.1 Å². The first-order valence-corrected chi connectivity index (χ1v) is 7.68. The van der Waals surface area contributed by atoms with Crippen LogP contribution in [-0.2, 0) is 0 Å². The van der Waals surface area contributed by atoms with E-state index in [0.29, 0.717) is 5.82 Å². The molecule has 0 radical (unpaired) electrons. The predicted molar refractivity (Wildman–Crippen MR) is 85.4 cm³/mol. The van der Waals surface area contributed by atoms with Crippen LogP contribution < -0.4 is 5.32 Å². The Bertz CT molecular complexity index is 746. The lowest BCUT2D eigenvalue weighted by Crippen LogP contribution is -2.08. The third-order valence-corrected chi connectivity index (χ3v) is 4.01. The number of nitrogens with zero attached hydrogens (tertiary/aromatic N) is 3. The van der Waals surface area contributed by atoms with Gasteiger partial charge >= 0.3 is 0 Å². The lowest BCUT2D eigenvalue weighted by Gasteiger charge is -2.15. The summed E-state index contributed by atoms with van der Waals surface area (Å²) in [5.41, 5.74) is 3.05. The van der Waals surface area contributed by atoms with Gasteiger partial charge in [-0.05, 0) is 32.9 Å². The van der Waals surface area contributed by atoms with Crippen molar-refractivity contribution in [1.82, 2.24) is 20.2 Å². The largest absolute Gasteiger partial charge is 0.376 e. The number of para-hydroxylation sites is 1. The van der Waals surface area contributed by atoms with Gasteiger partial charge in [-0.15, -0.1) is 11.3 Å². The average molecular weight is 299 g/mol. The molecule has 2 aromatic heterocycles. The minimum Gasteiger partial charge on any atom is -0.376 e. The SMILES string of the molecule is Cc1nc(-c2ccccc2NC(C)c2csc(C)n2)n[nH]1. The molecular formula is C15H17N5S. The highest BCUT2D eigenvalue weighted by atomic mass is 32.1. The topological polar surface area (TPSA) is 66.5 Å². The van der Waals surface area contributed by atoms with Crippen LogP contribution in [0.1, 0.15) is 29.5 Å². The molecule has 108 valence electrons. The molecule has 0 saturated carbocycles. The van der Waals surface area contributed by atoms with Crippen LogP contribution in [0.5, 0.6) is 0 Å². The number of anilines is 1. The van der Waals surface area contributed by atoms with Gasteiger partial charge in [0, 0.05) is 16.6 Å². The third kappa shape index (κ3) is 2.95. The maximum atomic E-state index is 4.53. The van der Waals surface area contributed by atoms with E-state index in [0.717, 1.165) is 27.8 Å². The summed E-state index contributed by atoms with van der Waals surface area (Å²) in [6.45, 7) is 6.02. The molecule has 2 heterocycles. The summed E-state index contributed by atoms with van der Waals surface area (Å²) in [5.74, 6) is 1.51. The molecule has 0 aliphatic heterocycles. The Hall–Kier alpha value is -2.21.